The molecule has 1 N–H and O–H groups in total. The Balaban J connectivity index is 1.94. The average molecular weight is 250 g/mol. The maximum atomic E-state index is 5.74. The van der Waals surface area contributed by atoms with Gasteiger partial charge in [0.15, 0.2) is 0 Å². The second kappa shape index (κ2) is 6.54. The van der Waals surface area contributed by atoms with Crippen molar-refractivity contribution >= 4 is 11.6 Å². The van der Waals surface area contributed by atoms with E-state index in [4.69, 9.17) is 4.74 Å². The average Bonchev–Trinajstić information content (AvgIpc) is 2.40. The fraction of sp³-hybridized carbons (Fsp3) is 0.692. The minimum atomic E-state index is 0.327. The molecule has 2 rings (SSSR count). The largest absolute Gasteiger partial charge is 0.376 e. The van der Waals surface area contributed by atoms with Gasteiger partial charge in [0.1, 0.15) is 11.6 Å². The summed E-state index contributed by atoms with van der Waals surface area (Å²) in [6, 6.07) is 0. The van der Waals surface area contributed by atoms with Crippen LogP contribution in [0.25, 0.3) is 0 Å². The lowest BCUT2D eigenvalue weighted by molar-refractivity contribution is 0.0215. The summed E-state index contributed by atoms with van der Waals surface area (Å²) >= 11 is 0. The Morgan fingerprint density at radius 3 is 3.06 bits per heavy atom. The third kappa shape index (κ3) is 3.57. The van der Waals surface area contributed by atoms with Crippen molar-refractivity contribution in [1.82, 2.24) is 9.97 Å². The van der Waals surface area contributed by atoms with Crippen LogP contribution in [0.3, 0.4) is 0 Å². The fourth-order valence-electron chi connectivity index (χ4n) is 2.16. The minimum Gasteiger partial charge on any atom is -0.376 e. The van der Waals surface area contributed by atoms with Crippen LogP contribution in [0.1, 0.15) is 26.2 Å². The molecule has 1 atom stereocenters. The van der Waals surface area contributed by atoms with E-state index in [0.29, 0.717) is 6.10 Å². The third-order valence-corrected chi connectivity index (χ3v) is 3.12. The van der Waals surface area contributed by atoms with Gasteiger partial charge in [-0.3, -0.25) is 4.98 Å². The zero-order valence-corrected chi connectivity index (χ0v) is 11.2. The second-order valence-electron chi connectivity index (χ2n) is 4.66. The molecule has 1 aliphatic rings. The molecule has 0 aliphatic carbocycles. The standard InChI is InChI=1S/C13H22N4O/c1-3-15-12-8-14-9-13(16-12)17(2)10-11-6-4-5-7-18-11/h8-9,11H,3-7,10H2,1-2H3,(H,15,16). The molecule has 1 aromatic heterocycles. The Hall–Kier alpha value is -1.36. The molecule has 1 saturated heterocycles. The van der Waals surface area contributed by atoms with Gasteiger partial charge in [-0.15, -0.1) is 0 Å². The highest BCUT2D eigenvalue weighted by molar-refractivity contribution is 5.43. The van der Waals surface area contributed by atoms with Crippen LogP contribution >= 0.6 is 0 Å². The molecule has 0 amide bonds. The number of nitrogens with zero attached hydrogens (tertiary/aromatic N) is 3. The van der Waals surface area contributed by atoms with Crippen molar-refractivity contribution in [2.24, 2.45) is 0 Å². The van der Waals surface area contributed by atoms with E-state index >= 15 is 0 Å². The van der Waals surface area contributed by atoms with Crippen LogP contribution in [0.5, 0.6) is 0 Å². The number of ether oxygens (including phenoxy) is 1. The van der Waals surface area contributed by atoms with Gasteiger partial charge in [0.2, 0.25) is 0 Å². The first-order valence-corrected chi connectivity index (χ1v) is 6.68. The topological polar surface area (TPSA) is 50.3 Å². The molecule has 100 valence electrons. The maximum absolute atomic E-state index is 5.74. The first-order chi connectivity index (χ1) is 8.79. The number of nitrogens with one attached hydrogen (secondary N) is 1. The molecule has 1 aliphatic heterocycles. The normalized spacial score (nSPS) is 19.6. The Labute approximate surface area is 109 Å². The van der Waals surface area contributed by atoms with Crippen molar-refractivity contribution < 1.29 is 4.74 Å². The number of likely N-dealkylation sites (N-methyl/N-ethyl adjacent to an activating group) is 1. The van der Waals surface area contributed by atoms with E-state index in [2.05, 4.69) is 20.2 Å². The molecule has 0 saturated carbocycles. The lowest BCUT2D eigenvalue weighted by atomic mass is 10.1. The molecule has 5 nitrogen and oxygen atoms in total. The molecule has 0 bridgehead atoms. The zero-order valence-electron chi connectivity index (χ0n) is 11.2. The van der Waals surface area contributed by atoms with E-state index in [1.165, 1.54) is 12.8 Å². The van der Waals surface area contributed by atoms with Crippen molar-refractivity contribution in [1.29, 1.82) is 0 Å². The fourth-order valence-corrected chi connectivity index (χ4v) is 2.16. The van der Waals surface area contributed by atoms with Gasteiger partial charge in [0, 0.05) is 26.7 Å². The number of anilines is 2. The Morgan fingerprint density at radius 2 is 2.33 bits per heavy atom. The van der Waals surface area contributed by atoms with Gasteiger partial charge in [-0.05, 0) is 26.2 Å². The SMILES string of the molecule is CCNc1cncc(N(C)CC2CCCCO2)n1. The molecule has 5 heteroatoms. The summed E-state index contributed by atoms with van der Waals surface area (Å²) in [6.07, 6.45) is 7.47. The van der Waals surface area contributed by atoms with Crippen LogP contribution in [0.15, 0.2) is 12.4 Å². The number of aromatic nitrogens is 2. The summed E-state index contributed by atoms with van der Waals surface area (Å²) in [5.74, 6) is 1.72. The van der Waals surface area contributed by atoms with E-state index in [1.54, 1.807) is 12.4 Å². The number of hydrogen-bond donors (Lipinski definition) is 1. The lowest BCUT2D eigenvalue weighted by Gasteiger charge is -2.28. The van der Waals surface area contributed by atoms with Crippen LogP contribution in [-0.4, -0.2) is 42.8 Å². The molecule has 0 aromatic carbocycles. The number of rotatable bonds is 5. The van der Waals surface area contributed by atoms with Gasteiger partial charge in [-0.25, -0.2) is 4.98 Å². The molecular weight excluding hydrogens is 228 g/mol. The van der Waals surface area contributed by atoms with Gasteiger partial charge in [0.05, 0.1) is 18.5 Å². The van der Waals surface area contributed by atoms with E-state index in [-0.39, 0.29) is 0 Å². The Morgan fingerprint density at radius 1 is 1.44 bits per heavy atom. The van der Waals surface area contributed by atoms with Crippen molar-refractivity contribution in [2.45, 2.75) is 32.3 Å². The van der Waals surface area contributed by atoms with Gasteiger partial charge in [-0.2, -0.15) is 0 Å². The van der Waals surface area contributed by atoms with Crippen molar-refractivity contribution in [2.75, 3.05) is 37.0 Å². The van der Waals surface area contributed by atoms with Gasteiger partial charge >= 0.3 is 0 Å². The summed E-state index contributed by atoms with van der Waals surface area (Å²) < 4.78 is 5.74. The van der Waals surface area contributed by atoms with Crippen LogP contribution in [0, 0.1) is 0 Å². The van der Waals surface area contributed by atoms with E-state index in [1.807, 2.05) is 14.0 Å². The van der Waals surface area contributed by atoms with Crippen LogP contribution in [0.4, 0.5) is 11.6 Å². The molecule has 0 radical (unpaired) electrons. The predicted octanol–water partition coefficient (Wildman–Crippen LogP) is 1.91. The summed E-state index contributed by atoms with van der Waals surface area (Å²) in [5.41, 5.74) is 0. The van der Waals surface area contributed by atoms with Crippen LogP contribution < -0.4 is 10.2 Å². The summed E-state index contributed by atoms with van der Waals surface area (Å²) in [5, 5.41) is 3.17. The molecule has 18 heavy (non-hydrogen) atoms. The van der Waals surface area contributed by atoms with Gasteiger partial charge in [-0.1, -0.05) is 0 Å². The van der Waals surface area contributed by atoms with Crippen molar-refractivity contribution in [3.8, 4) is 0 Å². The van der Waals surface area contributed by atoms with Gasteiger partial charge < -0.3 is 15.0 Å². The van der Waals surface area contributed by atoms with Gasteiger partial charge in [0.25, 0.3) is 0 Å². The predicted molar refractivity (Wildman–Crippen MR) is 73.1 cm³/mol. The first kappa shape index (κ1) is 13.1. The molecular formula is C13H22N4O. The highest BCUT2D eigenvalue weighted by Crippen LogP contribution is 2.17. The van der Waals surface area contributed by atoms with E-state index in [9.17, 15) is 0 Å². The maximum Gasteiger partial charge on any atom is 0.149 e. The zero-order chi connectivity index (χ0) is 12.8. The minimum absolute atomic E-state index is 0.327. The monoisotopic (exact) mass is 250 g/mol. The Bertz CT molecular complexity index is 366. The van der Waals surface area contributed by atoms with Crippen molar-refractivity contribution in [3.63, 3.8) is 0 Å². The summed E-state index contributed by atoms with van der Waals surface area (Å²) in [7, 11) is 2.04. The second-order valence-corrected chi connectivity index (χ2v) is 4.66. The van der Waals surface area contributed by atoms with E-state index < -0.39 is 0 Å². The van der Waals surface area contributed by atoms with Crippen LogP contribution in [-0.2, 0) is 4.74 Å². The smallest absolute Gasteiger partial charge is 0.149 e. The summed E-state index contributed by atoms with van der Waals surface area (Å²) in [6.45, 7) is 4.67. The molecule has 0 spiro atoms. The first-order valence-electron chi connectivity index (χ1n) is 6.68. The molecule has 1 unspecified atom stereocenters. The Kier molecular flexibility index (Phi) is 4.75. The van der Waals surface area contributed by atoms with E-state index in [0.717, 1.165) is 37.8 Å². The molecule has 1 aromatic rings. The number of hydrogen-bond acceptors (Lipinski definition) is 5. The lowest BCUT2D eigenvalue weighted by Crippen LogP contribution is -2.33. The van der Waals surface area contributed by atoms with Crippen LogP contribution in [0.2, 0.25) is 0 Å². The highest BCUT2D eigenvalue weighted by atomic mass is 16.5. The summed E-state index contributed by atoms with van der Waals surface area (Å²) in [4.78, 5) is 10.8. The molecule has 1 fully saturated rings. The highest BCUT2D eigenvalue weighted by Gasteiger charge is 2.16. The van der Waals surface area contributed by atoms with Crippen molar-refractivity contribution in [3.05, 3.63) is 12.4 Å². The molecule has 2 heterocycles. The third-order valence-electron chi connectivity index (χ3n) is 3.12. The quantitative estimate of drug-likeness (QED) is 0.865.